The van der Waals surface area contributed by atoms with E-state index in [1.807, 2.05) is 10.8 Å². The van der Waals surface area contributed by atoms with Crippen LogP contribution in [0.2, 0.25) is 0 Å². The molecule has 0 aliphatic heterocycles. The molecule has 0 aliphatic carbocycles. The smallest absolute Gasteiger partial charge is 0.128 e. The third-order valence-corrected chi connectivity index (χ3v) is 3.35. The van der Waals surface area contributed by atoms with Crippen molar-refractivity contribution in [3.63, 3.8) is 0 Å². The van der Waals surface area contributed by atoms with Crippen molar-refractivity contribution in [2.75, 3.05) is 6.54 Å². The Hall–Kier alpha value is -1.20. The summed E-state index contributed by atoms with van der Waals surface area (Å²) in [5, 5.41) is 3.30. The minimum Gasteiger partial charge on any atom is -0.329 e. The Morgan fingerprint density at radius 1 is 1.42 bits per heavy atom. The summed E-state index contributed by atoms with van der Waals surface area (Å²) < 4.78 is 16.6. The third kappa shape index (κ3) is 3.88. The molecule has 0 aliphatic rings. The molecule has 2 rings (SSSR count). The van der Waals surface area contributed by atoms with E-state index in [9.17, 15) is 4.39 Å². The van der Waals surface area contributed by atoms with Crippen LogP contribution in [-0.4, -0.2) is 16.1 Å². The number of imidazole rings is 1. The van der Waals surface area contributed by atoms with Crippen LogP contribution in [0.3, 0.4) is 0 Å². The molecule has 1 heterocycles. The van der Waals surface area contributed by atoms with Crippen molar-refractivity contribution >= 4 is 15.9 Å². The number of rotatable bonds is 6. The molecule has 0 bridgehead atoms. The monoisotopic (exact) mass is 325 g/mol. The van der Waals surface area contributed by atoms with Crippen LogP contribution in [0.15, 0.2) is 35.1 Å². The van der Waals surface area contributed by atoms with Crippen molar-refractivity contribution in [3.05, 3.63) is 52.3 Å². The summed E-state index contributed by atoms with van der Waals surface area (Å²) in [6.45, 7) is 4.28. The lowest BCUT2D eigenvalue weighted by atomic mass is 10.2. The van der Waals surface area contributed by atoms with Gasteiger partial charge in [-0.1, -0.05) is 22.9 Å². The van der Waals surface area contributed by atoms with Crippen LogP contribution < -0.4 is 5.32 Å². The first-order valence-electron chi connectivity index (χ1n) is 6.35. The number of benzene rings is 1. The van der Waals surface area contributed by atoms with Crippen molar-refractivity contribution in [1.29, 1.82) is 0 Å². The second-order valence-electron chi connectivity index (χ2n) is 4.38. The van der Waals surface area contributed by atoms with Gasteiger partial charge >= 0.3 is 0 Å². The molecule has 0 saturated heterocycles. The van der Waals surface area contributed by atoms with Crippen LogP contribution in [-0.2, 0) is 13.1 Å². The highest BCUT2D eigenvalue weighted by Gasteiger charge is 2.07. The normalized spacial score (nSPS) is 10.9. The van der Waals surface area contributed by atoms with Gasteiger partial charge in [-0.15, -0.1) is 0 Å². The van der Waals surface area contributed by atoms with Gasteiger partial charge in [0, 0.05) is 22.4 Å². The molecule has 0 fully saturated rings. The Morgan fingerprint density at radius 3 is 3.05 bits per heavy atom. The van der Waals surface area contributed by atoms with Gasteiger partial charge in [0.25, 0.3) is 0 Å². The molecule has 2 aromatic rings. The van der Waals surface area contributed by atoms with Crippen molar-refractivity contribution in [2.45, 2.75) is 26.4 Å². The predicted octanol–water partition coefficient (Wildman–Crippen LogP) is 3.33. The zero-order chi connectivity index (χ0) is 13.7. The van der Waals surface area contributed by atoms with E-state index in [4.69, 9.17) is 0 Å². The van der Waals surface area contributed by atoms with Gasteiger partial charge in [-0.3, -0.25) is 0 Å². The van der Waals surface area contributed by atoms with Crippen LogP contribution in [0.4, 0.5) is 4.39 Å². The SMILES string of the molecule is CCCNCc1nccn1Cc1cc(Br)ccc1F. The summed E-state index contributed by atoms with van der Waals surface area (Å²) in [5.41, 5.74) is 0.657. The first-order valence-corrected chi connectivity index (χ1v) is 7.14. The maximum absolute atomic E-state index is 13.7. The molecule has 19 heavy (non-hydrogen) atoms. The third-order valence-electron chi connectivity index (χ3n) is 2.86. The number of nitrogens with zero attached hydrogens (tertiary/aromatic N) is 2. The standard InChI is InChI=1S/C14H17BrFN3/c1-2-5-17-9-14-18-6-7-19(14)10-11-8-12(15)3-4-13(11)16/h3-4,6-8,17H,2,5,9-10H2,1H3. The van der Waals surface area contributed by atoms with Gasteiger partial charge in [-0.2, -0.15) is 0 Å². The van der Waals surface area contributed by atoms with E-state index < -0.39 is 0 Å². The molecule has 1 N–H and O–H groups in total. The Balaban J connectivity index is 2.10. The van der Waals surface area contributed by atoms with Gasteiger partial charge in [0.05, 0.1) is 13.1 Å². The first kappa shape index (κ1) is 14.2. The lowest BCUT2D eigenvalue weighted by molar-refractivity contribution is 0.581. The molecule has 0 spiro atoms. The molecule has 3 nitrogen and oxygen atoms in total. The molecule has 0 radical (unpaired) electrons. The second kappa shape index (κ2) is 6.82. The number of hydrogen-bond acceptors (Lipinski definition) is 2. The van der Waals surface area contributed by atoms with E-state index in [-0.39, 0.29) is 5.82 Å². The number of aromatic nitrogens is 2. The largest absolute Gasteiger partial charge is 0.329 e. The van der Waals surface area contributed by atoms with E-state index in [0.29, 0.717) is 18.7 Å². The topological polar surface area (TPSA) is 29.9 Å². The van der Waals surface area contributed by atoms with E-state index in [0.717, 1.165) is 23.3 Å². The minimum atomic E-state index is -0.190. The van der Waals surface area contributed by atoms with Gasteiger partial charge in [0.15, 0.2) is 0 Å². The van der Waals surface area contributed by atoms with Gasteiger partial charge in [-0.25, -0.2) is 9.37 Å². The Morgan fingerprint density at radius 2 is 2.26 bits per heavy atom. The average Bonchev–Trinajstić information content (AvgIpc) is 2.82. The highest BCUT2D eigenvalue weighted by Crippen LogP contribution is 2.17. The van der Waals surface area contributed by atoms with E-state index in [1.165, 1.54) is 6.07 Å². The van der Waals surface area contributed by atoms with Crippen molar-refractivity contribution in [2.24, 2.45) is 0 Å². The molecule has 0 unspecified atom stereocenters. The van der Waals surface area contributed by atoms with Gasteiger partial charge in [0.2, 0.25) is 0 Å². The van der Waals surface area contributed by atoms with E-state index in [2.05, 4.69) is 33.2 Å². The molecule has 0 amide bonds. The molecular formula is C14H17BrFN3. The van der Waals surface area contributed by atoms with Gasteiger partial charge in [-0.05, 0) is 31.2 Å². The fourth-order valence-corrected chi connectivity index (χ4v) is 2.28. The van der Waals surface area contributed by atoms with Crippen LogP contribution in [0, 0.1) is 5.82 Å². The fraction of sp³-hybridized carbons (Fsp3) is 0.357. The Bertz CT molecular complexity index is 539. The highest BCUT2D eigenvalue weighted by atomic mass is 79.9. The summed E-state index contributed by atoms with van der Waals surface area (Å²) >= 11 is 3.37. The van der Waals surface area contributed by atoms with E-state index >= 15 is 0 Å². The summed E-state index contributed by atoms with van der Waals surface area (Å²) in [4.78, 5) is 4.30. The zero-order valence-electron chi connectivity index (χ0n) is 10.9. The molecule has 0 saturated carbocycles. The Kier molecular flexibility index (Phi) is 5.10. The Labute approximate surface area is 121 Å². The molecular weight excluding hydrogens is 309 g/mol. The quantitative estimate of drug-likeness (QED) is 0.825. The van der Waals surface area contributed by atoms with Crippen LogP contribution in [0.25, 0.3) is 0 Å². The number of halogens is 2. The van der Waals surface area contributed by atoms with Crippen LogP contribution in [0.5, 0.6) is 0 Å². The average molecular weight is 326 g/mol. The van der Waals surface area contributed by atoms with Crippen molar-refractivity contribution in [3.8, 4) is 0 Å². The predicted molar refractivity (Wildman–Crippen MR) is 77.4 cm³/mol. The lowest BCUT2D eigenvalue weighted by Gasteiger charge is -2.10. The zero-order valence-corrected chi connectivity index (χ0v) is 12.5. The van der Waals surface area contributed by atoms with Crippen molar-refractivity contribution < 1.29 is 4.39 Å². The molecule has 0 atom stereocenters. The molecule has 5 heteroatoms. The number of hydrogen-bond donors (Lipinski definition) is 1. The maximum Gasteiger partial charge on any atom is 0.128 e. The maximum atomic E-state index is 13.7. The van der Waals surface area contributed by atoms with Gasteiger partial charge < -0.3 is 9.88 Å². The summed E-state index contributed by atoms with van der Waals surface area (Å²) in [5.74, 6) is 0.734. The summed E-state index contributed by atoms with van der Waals surface area (Å²) in [6.07, 6.45) is 4.71. The number of nitrogens with one attached hydrogen (secondary N) is 1. The first-order chi connectivity index (χ1) is 9.20. The van der Waals surface area contributed by atoms with Gasteiger partial charge in [0.1, 0.15) is 11.6 Å². The molecule has 1 aromatic carbocycles. The van der Waals surface area contributed by atoms with Crippen LogP contribution >= 0.6 is 15.9 Å². The lowest BCUT2D eigenvalue weighted by Crippen LogP contribution is -2.18. The summed E-state index contributed by atoms with van der Waals surface area (Å²) in [6, 6.07) is 4.99. The minimum absolute atomic E-state index is 0.190. The molecule has 1 aromatic heterocycles. The molecule has 102 valence electrons. The second-order valence-corrected chi connectivity index (χ2v) is 5.30. The van der Waals surface area contributed by atoms with Crippen LogP contribution in [0.1, 0.15) is 24.7 Å². The highest BCUT2D eigenvalue weighted by molar-refractivity contribution is 9.10. The van der Waals surface area contributed by atoms with Crippen molar-refractivity contribution in [1.82, 2.24) is 14.9 Å². The summed E-state index contributed by atoms with van der Waals surface area (Å²) in [7, 11) is 0. The fourth-order valence-electron chi connectivity index (χ4n) is 1.88. The van der Waals surface area contributed by atoms with E-state index in [1.54, 1.807) is 18.3 Å².